The van der Waals surface area contributed by atoms with Gasteiger partial charge in [0.25, 0.3) is 5.95 Å². The molecule has 1 aliphatic rings. The Morgan fingerprint density at radius 2 is 1.43 bits per heavy atom. The van der Waals surface area contributed by atoms with E-state index in [1.165, 1.54) is 12.1 Å². The number of anilines is 2. The molecule has 5 rings (SSSR count). The van der Waals surface area contributed by atoms with E-state index in [9.17, 15) is 14.4 Å². The van der Waals surface area contributed by atoms with Gasteiger partial charge in [-0.25, -0.2) is 9.97 Å². The van der Waals surface area contributed by atoms with Crippen LogP contribution in [0.5, 0.6) is 0 Å². The first kappa shape index (κ1) is 25.0. The molecule has 1 aromatic heterocycles. The second-order valence-corrected chi connectivity index (χ2v) is 10.7. The average Bonchev–Trinajstić information content (AvgIpc) is 2.88. The lowest BCUT2D eigenvalue weighted by molar-refractivity contribution is 0.387. The molecule has 3 aromatic carbocycles. The number of nitrogens with zero attached hydrogens (tertiary/aromatic N) is 5. The van der Waals surface area contributed by atoms with Crippen LogP contribution in [0.25, 0.3) is 22.2 Å². The van der Waals surface area contributed by atoms with E-state index >= 15 is 0 Å². The number of benzene rings is 3. The van der Waals surface area contributed by atoms with Crippen molar-refractivity contribution in [3.63, 3.8) is 0 Å². The molecule has 37 heavy (non-hydrogen) atoms. The number of nitrogens with two attached hydrogens (primary N) is 2. The van der Waals surface area contributed by atoms with E-state index in [0.717, 1.165) is 48.5 Å². The average molecular weight is 538 g/mol. The maximum Gasteiger partial charge on any atom is 0.356 e. The first-order valence-corrected chi connectivity index (χ1v) is 13.5. The predicted octanol–water partition coefficient (Wildman–Crippen LogP) is 2.98. The van der Waals surface area contributed by atoms with Crippen molar-refractivity contribution < 1.29 is 14.4 Å². The second kappa shape index (κ2) is 9.99. The highest BCUT2D eigenvalue weighted by Crippen LogP contribution is 2.34. The van der Waals surface area contributed by atoms with Crippen LogP contribution >= 0.6 is 19.2 Å². The topological polar surface area (TPSA) is 154 Å². The third-order valence-corrected chi connectivity index (χ3v) is 7.42. The summed E-state index contributed by atoms with van der Waals surface area (Å²) in [4.78, 5) is 36.1. The van der Waals surface area contributed by atoms with Gasteiger partial charge in [0.05, 0.1) is 16.5 Å². The minimum atomic E-state index is -4.24. The zero-order valence-corrected chi connectivity index (χ0v) is 21.3. The lowest BCUT2D eigenvalue weighted by Crippen LogP contribution is -2.46. The Morgan fingerprint density at radius 1 is 0.865 bits per heavy atom. The number of aromatic nitrogens is 2. The van der Waals surface area contributed by atoms with E-state index in [2.05, 4.69) is 36.9 Å². The fourth-order valence-electron chi connectivity index (χ4n) is 4.38. The Morgan fingerprint density at radius 3 is 1.97 bits per heavy atom. The van der Waals surface area contributed by atoms with E-state index in [1.54, 1.807) is 18.2 Å². The number of hydrogen-bond donors (Lipinski definition) is 4. The fraction of sp³-hybridized carbons (Fsp3) is 0.160. The Balaban J connectivity index is 1.34. The van der Waals surface area contributed by atoms with Crippen LogP contribution in [0.2, 0.25) is 5.02 Å². The predicted molar refractivity (Wildman–Crippen MR) is 148 cm³/mol. The Hall–Kier alpha value is -3.69. The summed E-state index contributed by atoms with van der Waals surface area (Å²) in [6.45, 7) is 3.18. The monoisotopic (exact) mass is 537 g/mol. The van der Waals surface area contributed by atoms with Gasteiger partial charge in [0.2, 0.25) is 0 Å². The number of piperazine rings is 1. The van der Waals surface area contributed by atoms with Crippen molar-refractivity contribution in [2.75, 3.05) is 36.0 Å². The molecule has 12 heteroatoms. The Kier molecular flexibility index (Phi) is 6.74. The van der Waals surface area contributed by atoms with Crippen molar-refractivity contribution in [1.29, 1.82) is 0 Å². The molecule has 1 saturated heterocycles. The summed E-state index contributed by atoms with van der Waals surface area (Å²) in [6.07, 6.45) is 0. The lowest BCUT2D eigenvalue weighted by atomic mass is 10.1. The van der Waals surface area contributed by atoms with E-state index in [1.807, 2.05) is 24.3 Å². The normalized spacial score (nSPS) is 14.1. The van der Waals surface area contributed by atoms with Gasteiger partial charge in [-0.1, -0.05) is 23.7 Å². The first-order valence-electron chi connectivity index (χ1n) is 11.5. The molecule has 4 aromatic rings. The number of fused-ring (bicyclic) bond motifs is 1. The van der Waals surface area contributed by atoms with Gasteiger partial charge >= 0.3 is 7.60 Å². The van der Waals surface area contributed by atoms with Crippen LogP contribution < -0.4 is 26.6 Å². The van der Waals surface area contributed by atoms with Gasteiger partial charge in [-0.15, -0.1) is 0 Å². The molecule has 10 nitrogen and oxygen atoms in total. The summed E-state index contributed by atoms with van der Waals surface area (Å²) >= 11 is 6.24. The Labute approximate surface area is 218 Å². The molecule has 1 aliphatic heterocycles. The molecule has 0 radical (unpaired) electrons. The summed E-state index contributed by atoms with van der Waals surface area (Å²) in [5.41, 5.74) is 15.4. The first-order chi connectivity index (χ1) is 17.7. The molecule has 0 amide bonds. The minimum Gasteiger partial charge on any atom is -0.370 e. The third kappa shape index (κ3) is 5.52. The van der Waals surface area contributed by atoms with Crippen LogP contribution in [0.1, 0.15) is 0 Å². The largest absolute Gasteiger partial charge is 0.370 e. The molecular weight excluding hydrogens is 513 g/mol. The van der Waals surface area contributed by atoms with Crippen LogP contribution in [0, 0.1) is 0 Å². The van der Waals surface area contributed by atoms with E-state index in [4.69, 9.17) is 23.1 Å². The fourth-order valence-corrected chi connectivity index (χ4v) is 5.09. The zero-order valence-electron chi connectivity index (χ0n) is 19.7. The minimum absolute atomic E-state index is 0.0270. The molecule has 0 atom stereocenters. The van der Waals surface area contributed by atoms with E-state index in [-0.39, 0.29) is 17.2 Å². The SMILES string of the molecule is NC(N)=Nc1nc(-c2ccc(N3CCN(c4ccc(P(=O)(O)O)cc4)CC3)cc2)c2cc(Cl)ccc2n1. The number of rotatable bonds is 5. The summed E-state index contributed by atoms with van der Waals surface area (Å²) in [5, 5.41) is 1.41. The Bertz CT molecular complexity index is 1510. The molecule has 0 spiro atoms. The van der Waals surface area contributed by atoms with Crippen LogP contribution in [0.3, 0.4) is 0 Å². The third-order valence-electron chi connectivity index (χ3n) is 6.21. The molecular formula is C25H25ClN7O3P. The van der Waals surface area contributed by atoms with Gasteiger partial charge in [0.15, 0.2) is 5.96 Å². The van der Waals surface area contributed by atoms with Gasteiger partial charge < -0.3 is 31.1 Å². The van der Waals surface area contributed by atoms with Crippen LogP contribution in [0.15, 0.2) is 71.7 Å². The molecule has 1 fully saturated rings. The quantitative estimate of drug-likeness (QED) is 0.171. The van der Waals surface area contributed by atoms with Crippen LogP contribution in [-0.2, 0) is 4.57 Å². The molecule has 0 unspecified atom stereocenters. The molecule has 0 bridgehead atoms. The number of halogens is 1. The van der Waals surface area contributed by atoms with Crippen molar-refractivity contribution in [2.24, 2.45) is 16.5 Å². The summed E-state index contributed by atoms with van der Waals surface area (Å²) < 4.78 is 11.4. The summed E-state index contributed by atoms with van der Waals surface area (Å²) in [5.74, 6) is 0.0605. The van der Waals surface area contributed by atoms with E-state index in [0.29, 0.717) is 16.2 Å². The summed E-state index contributed by atoms with van der Waals surface area (Å²) in [6, 6.07) is 20.0. The van der Waals surface area contributed by atoms with Crippen LogP contribution in [-0.4, -0.2) is 51.9 Å². The van der Waals surface area contributed by atoms with Crippen molar-refractivity contribution in [2.45, 2.75) is 0 Å². The smallest absolute Gasteiger partial charge is 0.356 e. The number of hydrogen-bond acceptors (Lipinski definition) is 6. The lowest BCUT2D eigenvalue weighted by Gasteiger charge is -2.37. The highest BCUT2D eigenvalue weighted by Gasteiger charge is 2.20. The zero-order chi connectivity index (χ0) is 26.2. The van der Waals surface area contributed by atoms with Gasteiger partial charge in [0, 0.05) is 53.5 Å². The van der Waals surface area contributed by atoms with Gasteiger partial charge in [0.1, 0.15) is 0 Å². The van der Waals surface area contributed by atoms with Crippen molar-refractivity contribution >= 4 is 58.7 Å². The standard InChI is InChI=1S/C25H25ClN7O3P/c26-17-3-10-22-21(15-17)23(30-25(29-22)31-24(27)28)16-1-4-18(5-2-16)32-11-13-33(14-12-32)19-6-8-20(9-7-19)37(34,35)36/h1-10,15H,11-14H2,(H2,34,35,36)(H4,27,28,29,30,31). The molecule has 190 valence electrons. The van der Waals surface area contributed by atoms with Gasteiger partial charge in [-0.05, 0) is 54.6 Å². The van der Waals surface area contributed by atoms with Crippen LogP contribution in [0.4, 0.5) is 17.3 Å². The maximum absolute atomic E-state index is 11.4. The highest BCUT2D eigenvalue weighted by atomic mass is 35.5. The van der Waals surface area contributed by atoms with E-state index < -0.39 is 7.60 Å². The molecule has 6 N–H and O–H groups in total. The van der Waals surface area contributed by atoms with Crippen molar-refractivity contribution in [1.82, 2.24) is 9.97 Å². The molecule has 0 aliphatic carbocycles. The van der Waals surface area contributed by atoms with Gasteiger partial charge in [-0.3, -0.25) is 4.57 Å². The second-order valence-electron chi connectivity index (χ2n) is 8.65. The highest BCUT2D eigenvalue weighted by molar-refractivity contribution is 7.60. The summed E-state index contributed by atoms with van der Waals surface area (Å²) in [7, 11) is -4.24. The number of aliphatic imine (C=N–C) groups is 1. The molecule has 0 saturated carbocycles. The number of guanidine groups is 1. The molecule has 2 heterocycles. The maximum atomic E-state index is 11.4. The van der Waals surface area contributed by atoms with Crippen molar-refractivity contribution in [3.8, 4) is 11.3 Å². The van der Waals surface area contributed by atoms with Crippen molar-refractivity contribution in [3.05, 3.63) is 71.8 Å². The van der Waals surface area contributed by atoms with Gasteiger partial charge in [-0.2, -0.15) is 4.99 Å².